The van der Waals surface area contributed by atoms with Gasteiger partial charge in [0.2, 0.25) is 5.71 Å². The molecule has 0 saturated carbocycles. The van der Waals surface area contributed by atoms with Crippen LogP contribution in [0.1, 0.15) is 40.3 Å². The molecule has 3 aromatic rings. The summed E-state index contributed by atoms with van der Waals surface area (Å²) in [5.41, 5.74) is 1.03. The second-order valence-electron chi connectivity index (χ2n) is 6.22. The molecule has 0 unspecified atom stereocenters. The van der Waals surface area contributed by atoms with Crippen molar-refractivity contribution in [3.05, 3.63) is 40.0 Å². The van der Waals surface area contributed by atoms with Crippen LogP contribution in [0.4, 0.5) is 5.82 Å². The number of nitrogens with zero attached hydrogens (tertiary/aromatic N) is 3. The van der Waals surface area contributed by atoms with E-state index in [2.05, 4.69) is 20.2 Å². The van der Waals surface area contributed by atoms with E-state index in [0.717, 1.165) is 42.0 Å². The first kappa shape index (κ1) is 16.1. The van der Waals surface area contributed by atoms with E-state index in [1.165, 1.54) is 12.7 Å². The maximum absolute atomic E-state index is 12.8. The molecule has 1 aliphatic heterocycles. The zero-order valence-corrected chi connectivity index (χ0v) is 14.9. The number of hydrogen-bond acceptors (Lipinski definition) is 6. The molecule has 25 heavy (non-hydrogen) atoms. The number of fused-ring (bicyclic) bond motifs is 1. The molecular weight excluding hydrogens is 336 g/mol. The summed E-state index contributed by atoms with van der Waals surface area (Å²) in [6.45, 7) is 4.22. The molecule has 130 valence electrons. The lowest BCUT2D eigenvalue weighted by Crippen LogP contribution is -2.31. The van der Waals surface area contributed by atoms with Crippen molar-refractivity contribution in [3.63, 3.8) is 0 Å². The van der Waals surface area contributed by atoms with Crippen LogP contribution < -0.4 is 10.2 Å². The fourth-order valence-electron chi connectivity index (χ4n) is 3.32. The predicted molar refractivity (Wildman–Crippen MR) is 98.1 cm³/mol. The molecule has 1 N–H and O–H groups in total. The highest BCUT2D eigenvalue weighted by Crippen LogP contribution is 2.32. The van der Waals surface area contributed by atoms with E-state index in [-0.39, 0.29) is 5.91 Å². The fraction of sp³-hybridized carbons (Fsp3) is 0.389. The number of piperidine rings is 1. The summed E-state index contributed by atoms with van der Waals surface area (Å²) in [4.78, 5) is 24.9. The van der Waals surface area contributed by atoms with E-state index in [1.54, 1.807) is 11.3 Å². The number of rotatable bonds is 4. The van der Waals surface area contributed by atoms with Gasteiger partial charge in [-0.3, -0.25) is 4.79 Å². The molecule has 1 aliphatic rings. The molecule has 1 fully saturated rings. The molecular formula is C18H20N4O2S. The van der Waals surface area contributed by atoms with Gasteiger partial charge >= 0.3 is 0 Å². The Labute approximate surface area is 149 Å². The minimum Gasteiger partial charge on any atom is -0.442 e. The van der Waals surface area contributed by atoms with Crippen LogP contribution in [0.3, 0.4) is 0 Å². The van der Waals surface area contributed by atoms with Gasteiger partial charge < -0.3 is 14.6 Å². The summed E-state index contributed by atoms with van der Waals surface area (Å²) in [7, 11) is 0. The van der Waals surface area contributed by atoms with E-state index >= 15 is 0 Å². The fourth-order valence-corrected chi connectivity index (χ4v) is 3.96. The van der Waals surface area contributed by atoms with E-state index in [4.69, 9.17) is 4.42 Å². The Morgan fingerprint density at radius 2 is 2.16 bits per heavy atom. The van der Waals surface area contributed by atoms with Gasteiger partial charge in [-0.15, -0.1) is 11.3 Å². The van der Waals surface area contributed by atoms with Crippen molar-refractivity contribution in [1.82, 2.24) is 15.3 Å². The third kappa shape index (κ3) is 3.11. The van der Waals surface area contributed by atoms with Crippen LogP contribution in [0.15, 0.2) is 28.3 Å². The monoisotopic (exact) mass is 356 g/mol. The quantitative estimate of drug-likeness (QED) is 0.774. The number of thiophene rings is 1. The van der Waals surface area contributed by atoms with Crippen LogP contribution in [0.25, 0.3) is 11.1 Å². The molecule has 0 aromatic carbocycles. The Morgan fingerprint density at radius 1 is 1.32 bits per heavy atom. The van der Waals surface area contributed by atoms with Crippen LogP contribution in [-0.2, 0) is 6.54 Å². The number of aryl methyl sites for hydroxylation is 1. The van der Waals surface area contributed by atoms with Gasteiger partial charge in [0.15, 0.2) is 0 Å². The second-order valence-corrected chi connectivity index (χ2v) is 7.25. The highest BCUT2D eigenvalue weighted by atomic mass is 32.1. The van der Waals surface area contributed by atoms with Crippen LogP contribution in [0.5, 0.6) is 0 Å². The lowest BCUT2D eigenvalue weighted by atomic mass is 10.1. The lowest BCUT2D eigenvalue weighted by molar-refractivity contribution is 0.0951. The highest BCUT2D eigenvalue weighted by Gasteiger charge is 2.25. The van der Waals surface area contributed by atoms with Crippen LogP contribution in [0.2, 0.25) is 0 Å². The largest absolute Gasteiger partial charge is 0.442 e. The molecule has 7 heteroatoms. The molecule has 0 bridgehead atoms. The third-order valence-electron chi connectivity index (χ3n) is 4.53. The lowest BCUT2D eigenvalue weighted by Gasteiger charge is -2.28. The van der Waals surface area contributed by atoms with Gasteiger partial charge in [-0.1, -0.05) is 6.07 Å². The van der Waals surface area contributed by atoms with Crippen molar-refractivity contribution in [2.75, 3.05) is 18.0 Å². The number of furan rings is 1. The molecule has 0 aliphatic carbocycles. The van der Waals surface area contributed by atoms with Crippen LogP contribution in [0, 0.1) is 6.92 Å². The zero-order valence-electron chi connectivity index (χ0n) is 14.1. The van der Waals surface area contributed by atoms with Crippen molar-refractivity contribution >= 4 is 34.2 Å². The van der Waals surface area contributed by atoms with Crippen LogP contribution in [-0.4, -0.2) is 29.0 Å². The van der Waals surface area contributed by atoms with Gasteiger partial charge in [-0.2, -0.15) is 0 Å². The molecule has 3 aromatic heterocycles. The number of nitrogens with one attached hydrogen (secondary N) is 1. The van der Waals surface area contributed by atoms with E-state index < -0.39 is 0 Å². The Balaban J connectivity index is 1.69. The standard InChI is InChI=1S/C18H20N4O2S/c1-12-14(17(23)19-10-13-6-5-9-25-13)15-16(20-11-21-18(15)24-12)22-7-3-2-4-8-22/h5-6,9,11H,2-4,7-8,10H2,1H3,(H,19,23). The molecule has 4 heterocycles. The molecule has 0 spiro atoms. The smallest absolute Gasteiger partial charge is 0.255 e. The van der Waals surface area contributed by atoms with Crippen LogP contribution >= 0.6 is 11.3 Å². The minimum absolute atomic E-state index is 0.141. The molecule has 1 amide bonds. The van der Waals surface area contributed by atoms with Gasteiger partial charge in [0, 0.05) is 18.0 Å². The van der Waals surface area contributed by atoms with Crippen molar-refractivity contribution in [1.29, 1.82) is 0 Å². The summed E-state index contributed by atoms with van der Waals surface area (Å²) in [6, 6.07) is 3.99. The van der Waals surface area contributed by atoms with Gasteiger partial charge in [0.05, 0.1) is 17.5 Å². The average molecular weight is 356 g/mol. The van der Waals surface area contributed by atoms with Gasteiger partial charge in [0.25, 0.3) is 5.91 Å². The van der Waals surface area contributed by atoms with Crippen molar-refractivity contribution in [3.8, 4) is 0 Å². The molecule has 0 atom stereocenters. The SMILES string of the molecule is Cc1oc2ncnc(N3CCCCC3)c2c1C(=O)NCc1cccs1. The Bertz CT molecular complexity index is 882. The Hall–Kier alpha value is -2.41. The summed E-state index contributed by atoms with van der Waals surface area (Å²) in [5.74, 6) is 1.25. The zero-order chi connectivity index (χ0) is 17.2. The molecule has 0 radical (unpaired) electrons. The van der Waals surface area contributed by atoms with Gasteiger partial charge in [-0.05, 0) is 37.6 Å². The van der Waals surface area contributed by atoms with Gasteiger partial charge in [0.1, 0.15) is 17.9 Å². The number of aromatic nitrogens is 2. The summed E-state index contributed by atoms with van der Waals surface area (Å²) < 4.78 is 5.75. The maximum Gasteiger partial charge on any atom is 0.255 e. The minimum atomic E-state index is -0.141. The van der Waals surface area contributed by atoms with E-state index in [1.807, 2.05) is 24.4 Å². The summed E-state index contributed by atoms with van der Waals surface area (Å²) in [5, 5.41) is 5.72. The molecule has 1 saturated heterocycles. The normalized spacial score (nSPS) is 14.8. The first-order valence-electron chi connectivity index (χ1n) is 8.53. The van der Waals surface area contributed by atoms with Crippen molar-refractivity contribution in [2.24, 2.45) is 0 Å². The first-order valence-corrected chi connectivity index (χ1v) is 9.41. The van der Waals surface area contributed by atoms with Crippen molar-refractivity contribution in [2.45, 2.75) is 32.7 Å². The topological polar surface area (TPSA) is 71.3 Å². The first-order chi connectivity index (χ1) is 12.2. The Morgan fingerprint density at radius 3 is 2.92 bits per heavy atom. The number of hydrogen-bond donors (Lipinski definition) is 1. The van der Waals surface area contributed by atoms with Gasteiger partial charge in [-0.25, -0.2) is 9.97 Å². The summed E-state index contributed by atoms with van der Waals surface area (Å²) in [6.07, 6.45) is 5.04. The number of carbonyl (C=O) groups is 1. The highest BCUT2D eigenvalue weighted by molar-refractivity contribution is 7.09. The van der Waals surface area contributed by atoms with Crippen molar-refractivity contribution < 1.29 is 9.21 Å². The molecule has 4 rings (SSSR count). The number of amides is 1. The summed E-state index contributed by atoms with van der Waals surface area (Å²) >= 11 is 1.62. The number of carbonyl (C=O) groups excluding carboxylic acids is 1. The van der Waals surface area contributed by atoms with E-state index in [9.17, 15) is 4.79 Å². The number of anilines is 1. The third-order valence-corrected chi connectivity index (χ3v) is 5.41. The maximum atomic E-state index is 12.8. The molecule has 6 nitrogen and oxygen atoms in total. The predicted octanol–water partition coefficient (Wildman–Crippen LogP) is 3.51. The average Bonchev–Trinajstić information content (AvgIpc) is 3.27. The second kappa shape index (κ2) is 6.84. The van der Waals surface area contributed by atoms with E-state index in [0.29, 0.717) is 23.6 Å². The Kier molecular flexibility index (Phi) is 4.40.